The molecule has 37 heavy (non-hydrogen) atoms. The van der Waals surface area contributed by atoms with Crippen LogP contribution in [-0.2, 0) is 4.79 Å². The number of hydrogen-bond donors (Lipinski definition) is 3. The maximum atomic E-state index is 13.4. The second-order valence-electron chi connectivity index (χ2n) is 10.4. The Morgan fingerprint density at radius 2 is 1.46 bits per heavy atom. The van der Waals surface area contributed by atoms with Crippen molar-refractivity contribution in [2.45, 2.75) is 50.6 Å². The van der Waals surface area contributed by atoms with Gasteiger partial charge in [0.25, 0.3) is 11.8 Å². The third-order valence-corrected chi connectivity index (χ3v) is 7.58. The normalized spacial score (nSPS) is 21.9. The molecule has 0 atom stereocenters. The first-order chi connectivity index (χ1) is 17.9. The Morgan fingerprint density at radius 3 is 2.11 bits per heavy atom. The lowest BCUT2D eigenvalue weighted by Crippen LogP contribution is -2.49. The van der Waals surface area contributed by atoms with Crippen molar-refractivity contribution in [3.8, 4) is 0 Å². The van der Waals surface area contributed by atoms with Crippen molar-refractivity contribution >= 4 is 29.1 Å². The maximum Gasteiger partial charge on any atom is 0.255 e. The van der Waals surface area contributed by atoms with Crippen LogP contribution in [0.4, 0.5) is 15.8 Å². The molecule has 0 spiro atoms. The van der Waals surface area contributed by atoms with E-state index >= 15 is 0 Å². The topological polar surface area (TPSA) is 108 Å². The van der Waals surface area contributed by atoms with Crippen molar-refractivity contribution in [2.24, 2.45) is 11.7 Å². The number of carbonyl (C=O) groups excluding carboxylic acids is 3. The first-order valence-corrected chi connectivity index (χ1v) is 13.2. The molecule has 5 rings (SSSR count). The summed E-state index contributed by atoms with van der Waals surface area (Å²) in [4.78, 5) is 42.6. The molecule has 3 amide bonds. The number of halogens is 1. The van der Waals surface area contributed by atoms with Crippen LogP contribution in [0.2, 0.25) is 0 Å². The van der Waals surface area contributed by atoms with Crippen molar-refractivity contribution in [1.29, 1.82) is 0 Å². The molecule has 2 aliphatic carbocycles. The molecule has 1 heterocycles. The number of nitrogens with one attached hydrogen (secondary N) is 2. The van der Waals surface area contributed by atoms with Crippen LogP contribution in [0.25, 0.3) is 0 Å². The Morgan fingerprint density at radius 1 is 0.811 bits per heavy atom. The molecule has 2 aromatic carbocycles. The Bertz CT molecular complexity index is 1150. The van der Waals surface area contributed by atoms with Gasteiger partial charge in [0.2, 0.25) is 5.91 Å². The minimum atomic E-state index is -0.418. The highest BCUT2D eigenvalue weighted by Crippen LogP contribution is 2.33. The third kappa shape index (κ3) is 6.10. The first-order valence-electron chi connectivity index (χ1n) is 13.2. The van der Waals surface area contributed by atoms with E-state index in [9.17, 15) is 18.8 Å². The predicted molar refractivity (Wildman–Crippen MR) is 140 cm³/mol. The van der Waals surface area contributed by atoms with Gasteiger partial charge in [-0.15, -0.1) is 0 Å². The number of hydrogen-bond acceptors (Lipinski definition) is 5. The Labute approximate surface area is 216 Å². The zero-order valence-electron chi connectivity index (χ0n) is 20.9. The molecule has 3 fully saturated rings. The van der Waals surface area contributed by atoms with Gasteiger partial charge in [-0.3, -0.25) is 14.4 Å². The van der Waals surface area contributed by atoms with E-state index < -0.39 is 5.82 Å². The summed E-state index contributed by atoms with van der Waals surface area (Å²) in [6.07, 6.45) is 5.44. The maximum absolute atomic E-state index is 13.4. The molecule has 8 nitrogen and oxygen atoms in total. The highest BCUT2D eigenvalue weighted by Gasteiger charge is 2.35. The Kier molecular flexibility index (Phi) is 7.41. The molecular formula is C28H34FN5O3. The molecule has 9 heteroatoms. The summed E-state index contributed by atoms with van der Waals surface area (Å²) in [7, 11) is 0. The van der Waals surface area contributed by atoms with E-state index in [-0.39, 0.29) is 35.7 Å². The lowest BCUT2D eigenvalue weighted by atomic mass is 9.91. The summed E-state index contributed by atoms with van der Waals surface area (Å²) in [5.41, 5.74) is 8.06. The summed E-state index contributed by atoms with van der Waals surface area (Å²) in [5, 5.41) is 6.03. The average Bonchev–Trinajstić information content (AvgIpc) is 3.76. The van der Waals surface area contributed by atoms with E-state index in [4.69, 9.17) is 5.73 Å². The SMILES string of the molecule is NC1CCC(NC(=O)c2ccc(N3CCN(C(=O)C4CC4)CC3)c(NC(=O)c3ccc(F)cc3)c2)CC1. The van der Waals surface area contributed by atoms with Gasteiger partial charge in [-0.2, -0.15) is 0 Å². The summed E-state index contributed by atoms with van der Waals surface area (Å²) < 4.78 is 13.4. The lowest BCUT2D eigenvalue weighted by molar-refractivity contribution is -0.132. The Balaban J connectivity index is 1.34. The van der Waals surface area contributed by atoms with Gasteiger partial charge in [-0.25, -0.2) is 4.39 Å². The van der Waals surface area contributed by atoms with Gasteiger partial charge in [0.1, 0.15) is 5.82 Å². The van der Waals surface area contributed by atoms with Crippen LogP contribution >= 0.6 is 0 Å². The van der Waals surface area contributed by atoms with E-state index in [1.165, 1.54) is 24.3 Å². The molecule has 0 bridgehead atoms. The van der Waals surface area contributed by atoms with Crippen LogP contribution in [0.3, 0.4) is 0 Å². The highest BCUT2D eigenvalue weighted by atomic mass is 19.1. The van der Waals surface area contributed by atoms with Crippen LogP contribution in [0.5, 0.6) is 0 Å². The number of carbonyl (C=O) groups is 3. The minimum absolute atomic E-state index is 0.0846. The summed E-state index contributed by atoms with van der Waals surface area (Å²) in [6.45, 7) is 2.50. The molecule has 3 aliphatic rings. The second kappa shape index (κ2) is 10.9. The van der Waals surface area contributed by atoms with E-state index in [0.717, 1.165) is 44.2 Å². The van der Waals surface area contributed by atoms with Gasteiger partial charge < -0.3 is 26.2 Å². The van der Waals surface area contributed by atoms with Crippen molar-refractivity contribution in [1.82, 2.24) is 10.2 Å². The van der Waals surface area contributed by atoms with E-state index in [1.54, 1.807) is 12.1 Å². The van der Waals surface area contributed by atoms with Crippen LogP contribution < -0.4 is 21.3 Å². The second-order valence-corrected chi connectivity index (χ2v) is 10.4. The molecule has 196 valence electrons. The van der Waals surface area contributed by atoms with Gasteiger partial charge in [-0.05, 0) is 81.0 Å². The van der Waals surface area contributed by atoms with E-state index in [1.807, 2.05) is 11.0 Å². The minimum Gasteiger partial charge on any atom is -0.366 e. The molecular weight excluding hydrogens is 473 g/mol. The van der Waals surface area contributed by atoms with Gasteiger partial charge in [-0.1, -0.05) is 0 Å². The summed E-state index contributed by atoms with van der Waals surface area (Å²) in [5.74, 6) is -0.569. The number of nitrogens with zero attached hydrogens (tertiary/aromatic N) is 2. The lowest BCUT2D eigenvalue weighted by Gasteiger charge is -2.37. The number of nitrogens with two attached hydrogens (primary N) is 1. The standard InChI is InChI=1S/C28H34FN5O3/c29-21-6-3-18(4-7-21)26(35)32-24-17-20(27(36)31-23-10-8-22(30)9-11-23)5-12-25(24)33-13-15-34(16-14-33)28(37)19-1-2-19/h3-7,12,17,19,22-23H,1-2,8-11,13-16,30H2,(H,31,36)(H,32,35). The number of benzene rings is 2. The van der Waals surface area contributed by atoms with Crippen molar-refractivity contribution in [3.63, 3.8) is 0 Å². The van der Waals surface area contributed by atoms with Crippen LogP contribution in [-0.4, -0.2) is 60.9 Å². The molecule has 4 N–H and O–H groups in total. The Hall–Kier alpha value is -3.46. The molecule has 0 aromatic heterocycles. The van der Waals surface area contributed by atoms with Gasteiger partial charge in [0, 0.05) is 55.3 Å². The van der Waals surface area contributed by atoms with Crippen molar-refractivity contribution < 1.29 is 18.8 Å². The molecule has 2 saturated carbocycles. The van der Waals surface area contributed by atoms with Crippen LogP contribution in [0.15, 0.2) is 42.5 Å². The smallest absolute Gasteiger partial charge is 0.255 e. The number of anilines is 2. The summed E-state index contributed by atoms with van der Waals surface area (Å²) >= 11 is 0. The molecule has 2 aromatic rings. The zero-order chi connectivity index (χ0) is 25.9. The fourth-order valence-corrected chi connectivity index (χ4v) is 5.14. The molecule has 0 radical (unpaired) electrons. The van der Waals surface area contributed by atoms with Gasteiger partial charge in [0.15, 0.2) is 0 Å². The van der Waals surface area contributed by atoms with Crippen LogP contribution in [0, 0.1) is 11.7 Å². The average molecular weight is 508 g/mol. The fourth-order valence-electron chi connectivity index (χ4n) is 5.14. The van der Waals surface area contributed by atoms with Crippen molar-refractivity contribution in [3.05, 3.63) is 59.4 Å². The van der Waals surface area contributed by atoms with E-state index in [2.05, 4.69) is 15.5 Å². The largest absolute Gasteiger partial charge is 0.366 e. The summed E-state index contributed by atoms with van der Waals surface area (Å²) in [6, 6.07) is 10.9. The van der Waals surface area contributed by atoms with E-state index in [0.29, 0.717) is 43.0 Å². The molecule has 1 aliphatic heterocycles. The zero-order valence-corrected chi connectivity index (χ0v) is 20.9. The number of piperazine rings is 1. The fraction of sp³-hybridized carbons (Fsp3) is 0.464. The quantitative estimate of drug-likeness (QED) is 0.557. The van der Waals surface area contributed by atoms with Gasteiger partial charge >= 0.3 is 0 Å². The van der Waals surface area contributed by atoms with Crippen molar-refractivity contribution in [2.75, 3.05) is 36.4 Å². The monoisotopic (exact) mass is 507 g/mol. The predicted octanol–water partition coefficient (Wildman–Crippen LogP) is 3.14. The number of amides is 3. The highest BCUT2D eigenvalue weighted by molar-refractivity contribution is 6.07. The van der Waals surface area contributed by atoms with Crippen LogP contribution in [0.1, 0.15) is 59.2 Å². The van der Waals surface area contributed by atoms with Gasteiger partial charge in [0.05, 0.1) is 11.4 Å². The molecule has 0 unspecified atom stereocenters. The molecule has 1 saturated heterocycles. The number of rotatable bonds is 6. The first kappa shape index (κ1) is 25.2. The third-order valence-electron chi connectivity index (χ3n) is 7.58.